The van der Waals surface area contributed by atoms with E-state index in [1.807, 2.05) is 17.9 Å². The van der Waals surface area contributed by atoms with Crippen molar-refractivity contribution >= 4 is 0 Å². The van der Waals surface area contributed by atoms with Crippen LogP contribution in [0.3, 0.4) is 0 Å². The summed E-state index contributed by atoms with van der Waals surface area (Å²) in [5.41, 5.74) is 1.09. The van der Waals surface area contributed by atoms with Crippen LogP contribution in [0.25, 0.3) is 0 Å². The van der Waals surface area contributed by atoms with Crippen LogP contribution in [0.1, 0.15) is 45.9 Å². The fourth-order valence-electron chi connectivity index (χ4n) is 1.69. The molecule has 1 atom stereocenters. The summed E-state index contributed by atoms with van der Waals surface area (Å²) < 4.78 is 7.88. The normalized spacial score (nSPS) is 13.9. The van der Waals surface area contributed by atoms with Gasteiger partial charge >= 0.3 is 0 Å². The Hall–Kier alpha value is -0.870. The lowest BCUT2D eigenvalue weighted by atomic mass is 10.1. The van der Waals surface area contributed by atoms with Gasteiger partial charge in [-0.05, 0) is 40.3 Å². The maximum absolute atomic E-state index is 5.84. The van der Waals surface area contributed by atoms with Crippen LogP contribution in [0.2, 0.25) is 0 Å². The van der Waals surface area contributed by atoms with Crippen LogP contribution in [0.15, 0.2) is 12.3 Å². The standard InChI is InChI=1S/C13H25N3O/c1-6-9-16-12(7-8-15-16)11(14-5)10-17-13(2,3)4/h7-8,11,14H,6,9-10H2,1-5H3. The summed E-state index contributed by atoms with van der Waals surface area (Å²) in [6.45, 7) is 9.99. The molecule has 1 heterocycles. The quantitative estimate of drug-likeness (QED) is 0.828. The van der Waals surface area contributed by atoms with Crippen LogP contribution in [-0.2, 0) is 11.3 Å². The highest BCUT2D eigenvalue weighted by molar-refractivity contribution is 5.07. The van der Waals surface area contributed by atoms with Gasteiger partial charge in [-0.3, -0.25) is 4.68 Å². The summed E-state index contributed by atoms with van der Waals surface area (Å²) in [6, 6.07) is 2.26. The van der Waals surface area contributed by atoms with E-state index in [0.717, 1.165) is 13.0 Å². The van der Waals surface area contributed by atoms with E-state index in [1.165, 1.54) is 5.69 Å². The van der Waals surface area contributed by atoms with E-state index in [0.29, 0.717) is 6.61 Å². The van der Waals surface area contributed by atoms with E-state index in [4.69, 9.17) is 4.74 Å². The molecule has 0 aliphatic heterocycles. The number of aryl methyl sites for hydroxylation is 1. The lowest BCUT2D eigenvalue weighted by Gasteiger charge is -2.24. The molecule has 1 aromatic rings. The van der Waals surface area contributed by atoms with Gasteiger partial charge in [0.2, 0.25) is 0 Å². The van der Waals surface area contributed by atoms with Crippen molar-refractivity contribution in [1.82, 2.24) is 15.1 Å². The van der Waals surface area contributed by atoms with Crippen molar-refractivity contribution < 1.29 is 4.74 Å². The van der Waals surface area contributed by atoms with Crippen molar-refractivity contribution in [2.24, 2.45) is 0 Å². The number of hydrogen-bond acceptors (Lipinski definition) is 3. The maximum atomic E-state index is 5.84. The average molecular weight is 239 g/mol. The first-order valence-electron chi connectivity index (χ1n) is 6.31. The minimum absolute atomic E-state index is 0.106. The molecule has 1 aromatic heterocycles. The van der Waals surface area contributed by atoms with Gasteiger partial charge in [0, 0.05) is 12.7 Å². The van der Waals surface area contributed by atoms with Crippen LogP contribution >= 0.6 is 0 Å². The lowest BCUT2D eigenvalue weighted by Crippen LogP contribution is -2.30. The molecule has 1 unspecified atom stereocenters. The number of nitrogens with zero attached hydrogens (tertiary/aromatic N) is 2. The van der Waals surface area contributed by atoms with Gasteiger partial charge in [-0.1, -0.05) is 6.92 Å². The molecule has 0 spiro atoms. The van der Waals surface area contributed by atoms with Gasteiger partial charge in [-0.25, -0.2) is 0 Å². The number of aromatic nitrogens is 2. The van der Waals surface area contributed by atoms with Crippen LogP contribution in [0.4, 0.5) is 0 Å². The van der Waals surface area contributed by atoms with E-state index < -0.39 is 0 Å². The third kappa shape index (κ3) is 4.48. The second-order valence-corrected chi connectivity index (χ2v) is 5.24. The second-order valence-electron chi connectivity index (χ2n) is 5.24. The van der Waals surface area contributed by atoms with Gasteiger partial charge in [0.05, 0.1) is 23.9 Å². The van der Waals surface area contributed by atoms with E-state index in [2.05, 4.69) is 44.2 Å². The van der Waals surface area contributed by atoms with Crippen molar-refractivity contribution in [2.75, 3.05) is 13.7 Å². The van der Waals surface area contributed by atoms with E-state index >= 15 is 0 Å². The molecule has 98 valence electrons. The predicted octanol–water partition coefficient (Wildman–Crippen LogP) is 2.37. The summed E-state index contributed by atoms with van der Waals surface area (Å²) in [5.74, 6) is 0. The molecule has 0 aromatic carbocycles. The molecular formula is C13H25N3O. The Morgan fingerprint density at radius 2 is 2.18 bits per heavy atom. The molecule has 1 rings (SSSR count). The highest BCUT2D eigenvalue weighted by Gasteiger charge is 2.18. The molecule has 0 amide bonds. The summed E-state index contributed by atoms with van der Waals surface area (Å²) in [4.78, 5) is 0. The third-order valence-electron chi connectivity index (χ3n) is 2.57. The number of likely N-dealkylation sites (N-methyl/N-ethyl adjacent to an activating group) is 1. The Labute approximate surface area is 104 Å². The molecule has 0 fully saturated rings. The Balaban J connectivity index is 2.69. The highest BCUT2D eigenvalue weighted by Crippen LogP contribution is 2.16. The highest BCUT2D eigenvalue weighted by atomic mass is 16.5. The first-order valence-corrected chi connectivity index (χ1v) is 6.31. The minimum atomic E-state index is -0.106. The van der Waals surface area contributed by atoms with Gasteiger partial charge in [-0.15, -0.1) is 0 Å². The minimum Gasteiger partial charge on any atom is -0.374 e. The Morgan fingerprint density at radius 1 is 1.47 bits per heavy atom. The fraction of sp³-hybridized carbons (Fsp3) is 0.769. The van der Waals surface area contributed by atoms with Crippen LogP contribution < -0.4 is 5.32 Å². The summed E-state index contributed by atoms with van der Waals surface area (Å²) in [5, 5.41) is 7.63. The first-order chi connectivity index (χ1) is 7.98. The van der Waals surface area contributed by atoms with Crippen molar-refractivity contribution in [1.29, 1.82) is 0 Å². The molecule has 4 nitrogen and oxygen atoms in total. The molecular weight excluding hydrogens is 214 g/mol. The van der Waals surface area contributed by atoms with Gasteiger partial charge < -0.3 is 10.1 Å². The molecule has 0 radical (unpaired) electrons. The van der Waals surface area contributed by atoms with Gasteiger partial charge in [-0.2, -0.15) is 5.10 Å². The fourth-order valence-corrected chi connectivity index (χ4v) is 1.69. The van der Waals surface area contributed by atoms with E-state index in [1.54, 1.807) is 0 Å². The molecule has 0 saturated heterocycles. The van der Waals surface area contributed by atoms with Crippen molar-refractivity contribution in [3.05, 3.63) is 18.0 Å². The summed E-state index contributed by atoms with van der Waals surface area (Å²) in [7, 11) is 1.96. The van der Waals surface area contributed by atoms with Crippen molar-refractivity contribution in [2.45, 2.75) is 52.3 Å². The molecule has 0 aliphatic rings. The van der Waals surface area contributed by atoms with Crippen molar-refractivity contribution in [3.8, 4) is 0 Å². The maximum Gasteiger partial charge on any atom is 0.0727 e. The van der Waals surface area contributed by atoms with Gasteiger partial charge in [0.1, 0.15) is 0 Å². The molecule has 1 N–H and O–H groups in total. The topological polar surface area (TPSA) is 39.1 Å². The monoisotopic (exact) mass is 239 g/mol. The molecule has 0 saturated carbocycles. The second kappa shape index (κ2) is 6.17. The summed E-state index contributed by atoms with van der Waals surface area (Å²) >= 11 is 0. The third-order valence-corrected chi connectivity index (χ3v) is 2.57. The van der Waals surface area contributed by atoms with Crippen molar-refractivity contribution in [3.63, 3.8) is 0 Å². The lowest BCUT2D eigenvalue weighted by molar-refractivity contribution is -0.0149. The summed E-state index contributed by atoms with van der Waals surface area (Å²) in [6.07, 6.45) is 2.94. The Kier molecular flexibility index (Phi) is 5.15. The molecule has 0 aliphatic carbocycles. The van der Waals surface area contributed by atoms with Crippen LogP contribution in [0, 0.1) is 0 Å². The molecule has 4 heteroatoms. The molecule has 0 bridgehead atoms. The number of rotatable bonds is 6. The van der Waals surface area contributed by atoms with Crippen LogP contribution in [-0.4, -0.2) is 29.0 Å². The van der Waals surface area contributed by atoms with Crippen LogP contribution in [0.5, 0.6) is 0 Å². The zero-order chi connectivity index (χ0) is 12.9. The average Bonchev–Trinajstić information content (AvgIpc) is 2.66. The number of nitrogens with one attached hydrogen (secondary N) is 1. The first kappa shape index (κ1) is 14.2. The smallest absolute Gasteiger partial charge is 0.0727 e. The molecule has 17 heavy (non-hydrogen) atoms. The number of ether oxygens (including phenoxy) is 1. The van der Waals surface area contributed by atoms with Gasteiger partial charge in [0.15, 0.2) is 0 Å². The van der Waals surface area contributed by atoms with E-state index in [-0.39, 0.29) is 11.6 Å². The SMILES string of the molecule is CCCn1nccc1C(COC(C)(C)C)NC. The Bertz CT molecular complexity index is 328. The predicted molar refractivity (Wildman–Crippen MR) is 70.0 cm³/mol. The Morgan fingerprint density at radius 3 is 2.71 bits per heavy atom. The largest absolute Gasteiger partial charge is 0.374 e. The zero-order valence-electron chi connectivity index (χ0n) is 11.7. The zero-order valence-corrected chi connectivity index (χ0v) is 11.7. The van der Waals surface area contributed by atoms with Gasteiger partial charge in [0.25, 0.3) is 0 Å². The van der Waals surface area contributed by atoms with E-state index in [9.17, 15) is 0 Å². The number of hydrogen-bond donors (Lipinski definition) is 1.